The smallest absolute Gasteiger partial charge is 0.251 e. The fourth-order valence-corrected chi connectivity index (χ4v) is 1.64. The van der Waals surface area contributed by atoms with Gasteiger partial charge in [0.25, 0.3) is 5.91 Å². The number of carbonyl (C=O) groups is 1. The fraction of sp³-hybridized carbons (Fsp3) is 0.167. The van der Waals surface area contributed by atoms with Crippen LogP contribution in [0.4, 0.5) is 10.1 Å². The molecule has 0 spiro atoms. The van der Waals surface area contributed by atoms with Crippen LogP contribution >= 0.6 is 0 Å². The maximum atomic E-state index is 13.3. The number of aromatic nitrogens is 2. The molecule has 1 heterocycles. The molecule has 2 rings (SSSR count). The average molecular weight is 248 g/mol. The topological polar surface area (TPSA) is 83.8 Å². The largest absolute Gasteiger partial charge is 0.377 e. The van der Waals surface area contributed by atoms with Gasteiger partial charge in [-0.25, -0.2) is 4.39 Å². The van der Waals surface area contributed by atoms with Gasteiger partial charge in [-0.15, -0.1) is 0 Å². The zero-order valence-electron chi connectivity index (χ0n) is 9.77. The molecule has 0 aliphatic carbocycles. The number of anilines is 1. The molecule has 2 aromatic rings. The summed E-state index contributed by atoms with van der Waals surface area (Å²) in [5.41, 5.74) is 6.46. The number of carbonyl (C=O) groups excluding carboxylic acids is 1. The molecule has 0 aliphatic heterocycles. The van der Waals surface area contributed by atoms with E-state index in [2.05, 4.69) is 15.5 Å². The molecule has 0 aliphatic rings. The van der Waals surface area contributed by atoms with Gasteiger partial charge in [0.1, 0.15) is 5.82 Å². The predicted octanol–water partition coefficient (Wildman–Crippen LogP) is 1.82. The Balaban J connectivity index is 2.20. The summed E-state index contributed by atoms with van der Waals surface area (Å²) in [6.07, 6.45) is 1.65. The highest BCUT2D eigenvalue weighted by molar-refractivity contribution is 5.94. The van der Waals surface area contributed by atoms with Gasteiger partial charge in [-0.05, 0) is 31.2 Å². The van der Waals surface area contributed by atoms with Crippen molar-refractivity contribution in [2.75, 3.05) is 5.32 Å². The van der Waals surface area contributed by atoms with E-state index in [4.69, 9.17) is 5.73 Å². The number of nitrogens with two attached hydrogens (primary N) is 1. The number of nitrogens with one attached hydrogen (secondary N) is 2. The van der Waals surface area contributed by atoms with Crippen molar-refractivity contribution in [3.63, 3.8) is 0 Å². The van der Waals surface area contributed by atoms with Crippen LogP contribution in [0.15, 0.2) is 30.5 Å². The van der Waals surface area contributed by atoms with Crippen molar-refractivity contribution in [1.82, 2.24) is 10.2 Å². The molecule has 0 fully saturated rings. The summed E-state index contributed by atoms with van der Waals surface area (Å²) in [6, 6.07) is 5.94. The van der Waals surface area contributed by atoms with E-state index in [9.17, 15) is 9.18 Å². The highest BCUT2D eigenvalue weighted by Crippen LogP contribution is 2.19. The molecule has 0 saturated carbocycles. The Labute approximate surface area is 103 Å². The molecular weight excluding hydrogens is 235 g/mol. The van der Waals surface area contributed by atoms with Crippen molar-refractivity contribution < 1.29 is 9.18 Å². The van der Waals surface area contributed by atoms with E-state index in [-0.39, 0.29) is 11.6 Å². The molecule has 18 heavy (non-hydrogen) atoms. The minimum absolute atomic E-state index is 0.0429. The second kappa shape index (κ2) is 4.87. The van der Waals surface area contributed by atoms with Crippen LogP contribution in [0, 0.1) is 5.82 Å². The average Bonchev–Trinajstić information content (AvgIpc) is 2.85. The summed E-state index contributed by atoms with van der Waals surface area (Å²) in [5.74, 6) is -1.41. The maximum absolute atomic E-state index is 13.3. The van der Waals surface area contributed by atoms with Gasteiger partial charge in [0.15, 0.2) is 0 Å². The Bertz CT molecular complexity index is 553. The van der Waals surface area contributed by atoms with Crippen LogP contribution < -0.4 is 11.1 Å². The van der Waals surface area contributed by atoms with E-state index in [1.54, 1.807) is 12.3 Å². The normalized spacial score (nSPS) is 12.1. The minimum atomic E-state index is -0.787. The van der Waals surface area contributed by atoms with Crippen LogP contribution in [0.3, 0.4) is 0 Å². The number of halogens is 1. The Morgan fingerprint density at radius 3 is 2.89 bits per heavy atom. The van der Waals surface area contributed by atoms with Crippen LogP contribution in [-0.4, -0.2) is 16.1 Å². The number of H-pyrrole nitrogens is 1. The lowest BCUT2D eigenvalue weighted by atomic mass is 10.1. The molecule has 1 unspecified atom stereocenters. The number of nitrogens with zero attached hydrogens (tertiary/aromatic N) is 1. The first-order chi connectivity index (χ1) is 8.58. The third kappa shape index (κ3) is 2.48. The van der Waals surface area contributed by atoms with E-state index >= 15 is 0 Å². The zero-order valence-corrected chi connectivity index (χ0v) is 9.77. The van der Waals surface area contributed by atoms with Crippen LogP contribution in [0.25, 0.3) is 0 Å². The summed E-state index contributed by atoms with van der Waals surface area (Å²) in [6.45, 7) is 1.92. The van der Waals surface area contributed by atoms with E-state index in [1.807, 2.05) is 13.0 Å². The number of hydrogen-bond acceptors (Lipinski definition) is 3. The first kappa shape index (κ1) is 12.1. The lowest BCUT2D eigenvalue weighted by molar-refractivity contribution is 0.0996. The molecule has 5 nitrogen and oxygen atoms in total. The molecule has 4 N–H and O–H groups in total. The number of amides is 1. The molecule has 1 aromatic heterocycles. The highest BCUT2D eigenvalue weighted by atomic mass is 19.1. The molecule has 94 valence electrons. The van der Waals surface area contributed by atoms with Gasteiger partial charge in [-0.3, -0.25) is 9.89 Å². The van der Waals surface area contributed by atoms with Crippen molar-refractivity contribution in [1.29, 1.82) is 0 Å². The molecule has 1 aromatic carbocycles. The predicted molar refractivity (Wildman–Crippen MR) is 65.5 cm³/mol. The summed E-state index contributed by atoms with van der Waals surface area (Å²) in [5, 5.41) is 9.79. The molecule has 0 saturated heterocycles. The lowest BCUT2D eigenvalue weighted by Crippen LogP contribution is -2.14. The van der Waals surface area contributed by atoms with E-state index in [1.165, 1.54) is 12.1 Å². The van der Waals surface area contributed by atoms with Gasteiger partial charge >= 0.3 is 0 Å². The molecule has 6 heteroatoms. The Hall–Kier alpha value is -2.37. The van der Waals surface area contributed by atoms with Gasteiger partial charge in [0, 0.05) is 11.9 Å². The van der Waals surface area contributed by atoms with Crippen molar-refractivity contribution in [2.45, 2.75) is 13.0 Å². The van der Waals surface area contributed by atoms with Gasteiger partial charge < -0.3 is 11.1 Å². The SMILES string of the molecule is CC(Nc1ccc(F)c(C(N)=O)c1)c1ccn[nH]1. The number of aromatic amines is 1. The number of benzene rings is 1. The summed E-state index contributed by atoms with van der Waals surface area (Å²) in [7, 11) is 0. The number of rotatable bonds is 4. The third-order valence-electron chi connectivity index (χ3n) is 2.60. The summed E-state index contributed by atoms with van der Waals surface area (Å²) < 4.78 is 13.3. The van der Waals surface area contributed by atoms with E-state index in [0.29, 0.717) is 5.69 Å². The van der Waals surface area contributed by atoms with Gasteiger partial charge in [-0.2, -0.15) is 5.10 Å². The molecule has 1 amide bonds. The quantitative estimate of drug-likeness (QED) is 0.771. The van der Waals surface area contributed by atoms with Crippen LogP contribution in [0.2, 0.25) is 0 Å². The second-order valence-electron chi connectivity index (χ2n) is 3.94. The fourth-order valence-electron chi connectivity index (χ4n) is 1.64. The maximum Gasteiger partial charge on any atom is 0.251 e. The van der Waals surface area contributed by atoms with Crippen molar-refractivity contribution in [3.8, 4) is 0 Å². The Kier molecular flexibility index (Phi) is 3.27. The van der Waals surface area contributed by atoms with Crippen LogP contribution in [-0.2, 0) is 0 Å². The van der Waals surface area contributed by atoms with Crippen molar-refractivity contribution in [3.05, 3.63) is 47.5 Å². The summed E-state index contributed by atoms with van der Waals surface area (Å²) in [4.78, 5) is 11.0. The monoisotopic (exact) mass is 248 g/mol. The van der Waals surface area contributed by atoms with Crippen molar-refractivity contribution >= 4 is 11.6 Å². The third-order valence-corrected chi connectivity index (χ3v) is 2.60. The van der Waals surface area contributed by atoms with Crippen molar-refractivity contribution in [2.24, 2.45) is 5.73 Å². The number of hydrogen-bond donors (Lipinski definition) is 3. The number of primary amides is 1. The molecule has 0 radical (unpaired) electrons. The second-order valence-corrected chi connectivity index (χ2v) is 3.94. The van der Waals surface area contributed by atoms with Crippen LogP contribution in [0.5, 0.6) is 0 Å². The highest BCUT2D eigenvalue weighted by Gasteiger charge is 2.11. The van der Waals surface area contributed by atoms with Crippen LogP contribution in [0.1, 0.15) is 29.0 Å². The molecular formula is C12H13FN4O. The zero-order chi connectivity index (χ0) is 13.1. The lowest BCUT2D eigenvalue weighted by Gasteiger charge is -2.14. The van der Waals surface area contributed by atoms with E-state index in [0.717, 1.165) is 5.69 Å². The Morgan fingerprint density at radius 1 is 1.50 bits per heavy atom. The van der Waals surface area contributed by atoms with E-state index < -0.39 is 11.7 Å². The molecule has 1 atom stereocenters. The molecule has 0 bridgehead atoms. The first-order valence-electron chi connectivity index (χ1n) is 5.43. The van der Waals surface area contributed by atoms with Gasteiger partial charge in [0.2, 0.25) is 0 Å². The van der Waals surface area contributed by atoms with Gasteiger partial charge in [0.05, 0.1) is 17.3 Å². The standard InChI is InChI=1S/C12H13FN4O/c1-7(11-4-5-15-17-11)16-8-2-3-10(13)9(6-8)12(14)18/h2-7,16H,1H3,(H2,14,18)(H,15,17). The summed E-state index contributed by atoms with van der Waals surface area (Å²) >= 11 is 0. The Morgan fingerprint density at radius 2 is 2.28 bits per heavy atom. The minimum Gasteiger partial charge on any atom is -0.377 e. The van der Waals surface area contributed by atoms with Gasteiger partial charge in [-0.1, -0.05) is 0 Å². The first-order valence-corrected chi connectivity index (χ1v) is 5.43.